The van der Waals surface area contributed by atoms with Crippen molar-refractivity contribution < 1.29 is 10.2 Å². The average molecular weight is 181 g/mol. The third-order valence-electron chi connectivity index (χ3n) is 2.19. The zero-order valence-corrected chi connectivity index (χ0v) is 7.23. The van der Waals surface area contributed by atoms with E-state index in [1.54, 1.807) is 11.9 Å². The molecule has 70 valence electrons. The molecule has 0 bridgehead atoms. The number of likely N-dealkylation sites (N-methyl/N-ethyl adjacent to an activating group) is 1. The minimum atomic E-state index is -0.178. The van der Waals surface area contributed by atoms with Gasteiger partial charge in [-0.25, -0.2) is 0 Å². The maximum Gasteiger partial charge on any atom is 0.294 e. The van der Waals surface area contributed by atoms with Crippen LogP contribution in [0.4, 0.5) is 0 Å². The van der Waals surface area contributed by atoms with E-state index < -0.39 is 0 Å². The van der Waals surface area contributed by atoms with E-state index in [9.17, 15) is 10.2 Å². The molecule has 2 aliphatic heterocycles. The summed E-state index contributed by atoms with van der Waals surface area (Å²) in [6.45, 7) is 0.721. The summed E-state index contributed by atoms with van der Waals surface area (Å²) in [5, 5.41) is 21.8. The van der Waals surface area contributed by atoms with Crippen LogP contribution in [0.1, 0.15) is 0 Å². The van der Waals surface area contributed by atoms with Gasteiger partial charge in [0.15, 0.2) is 0 Å². The van der Waals surface area contributed by atoms with Gasteiger partial charge in [0.1, 0.15) is 6.17 Å². The molecule has 1 atom stereocenters. The summed E-state index contributed by atoms with van der Waals surface area (Å²) in [6.07, 6.45) is 3.53. The lowest BCUT2D eigenvalue weighted by molar-refractivity contribution is 0.261. The van der Waals surface area contributed by atoms with E-state index in [0.29, 0.717) is 5.57 Å². The molecule has 13 heavy (non-hydrogen) atoms. The van der Waals surface area contributed by atoms with Gasteiger partial charge in [-0.1, -0.05) is 12.2 Å². The molecule has 1 unspecified atom stereocenters. The van der Waals surface area contributed by atoms with Crippen molar-refractivity contribution in [2.75, 3.05) is 13.6 Å². The van der Waals surface area contributed by atoms with Crippen LogP contribution in [0.3, 0.4) is 0 Å². The quantitative estimate of drug-likeness (QED) is 0.496. The largest absolute Gasteiger partial charge is 0.493 e. The molecular weight excluding hydrogens is 170 g/mol. The lowest BCUT2D eigenvalue weighted by Gasteiger charge is -2.33. The fourth-order valence-corrected chi connectivity index (χ4v) is 1.46. The number of fused-ring (bicyclic) bond motifs is 1. The Bertz CT molecular complexity index is 319. The molecule has 0 aromatic heterocycles. The second kappa shape index (κ2) is 2.77. The maximum absolute atomic E-state index is 9.41. The number of nitrogens with zero attached hydrogens (tertiary/aromatic N) is 2. The van der Waals surface area contributed by atoms with Gasteiger partial charge in [-0.05, 0) is 0 Å². The molecule has 5 nitrogen and oxygen atoms in total. The zero-order chi connectivity index (χ0) is 9.42. The number of nitrogens with one attached hydrogen (secondary N) is 1. The van der Waals surface area contributed by atoms with Crippen molar-refractivity contribution in [1.82, 2.24) is 10.2 Å². The van der Waals surface area contributed by atoms with Gasteiger partial charge in [-0.3, -0.25) is 5.32 Å². The first-order valence-corrected chi connectivity index (χ1v) is 4.03. The molecule has 0 amide bonds. The second-order valence-corrected chi connectivity index (χ2v) is 3.01. The molecule has 3 N–H and O–H groups in total. The van der Waals surface area contributed by atoms with Crippen LogP contribution in [-0.4, -0.2) is 40.9 Å². The Morgan fingerprint density at radius 3 is 3.15 bits per heavy atom. The van der Waals surface area contributed by atoms with Crippen LogP contribution >= 0.6 is 0 Å². The predicted molar refractivity (Wildman–Crippen MR) is 48.4 cm³/mol. The van der Waals surface area contributed by atoms with E-state index in [2.05, 4.69) is 10.3 Å². The number of hydrogen-bond acceptors (Lipinski definition) is 4. The zero-order valence-electron chi connectivity index (χ0n) is 7.23. The van der Waals surface area contributed by atoms with Crippen LogP contribution in [-0.2, 0) is 0 Å². The Hall–Kier alpha value is -1.49. The first kappa shape index (κ1) is 8.12. The third-order valence-corrected chi connectivity index (χ3v) is 2.19. The fraction of sp³-hybridized carbons (Fsp3) is 0.375. The van der Waals surface area contributed by atoms with Gasteiger partial charge in [0.25, 0.3) is 6.02 Å². The van der Waals surface area contributed by atoms with Crippen LogP contribution < -0.4 is 5.32 Å². The molecule has 0 radical (unpaired) electrons. The van der Waals surface area contributed by atoms with Gasteiger partial charge < -0.3 is 15.1 Å². The van der Waals surface area contributed by atoms with Crippen LogP contribution in [0.15, 0.2) is 28.6 Å². The Kier molecular flexibility index (Phi) is 1.73. The van der Waals surface area contributed by atoms with Crippen LogP contribution in [0.25, 0.3) is 0 Å². The van der Waals surface area contributed by atoms with Crippen molar-refractivity contribution in [3.63, 3.8) is 0 Å². The highest BCUT2D eigenvalue weighted by atomic mass is 16.3. The van der Waals surface area contributed by atoms with Gasteiger partial charge in [0.05, 0.1) is 5.57 Å². The molecule has 0 saturated carbocycles. The fourth-order valence-electron chi connectivity index (χ4n) is 1.46. The van der Waals surface area contributed by atoms with Crippen molar-refractivity contribution in [2.24, 2.45) is 4.99 Å². The third kappa shape index (κ3) is 1.17. The molecule has 0 aromatic rings. The highest BCUT2D eigenvalue weighted by molar-refractivity contribution is 5.75. The molecule has 0 spiro atoms. The molecule has 5 heteroatoms. The second-order valence-electron chi connectivity index (χ2n) is 3.01. The van der Waals surface area contributed by atoms with Gasteiger partial charge in [-0.15, -0.1) is 0 Å². The molecule has 0 aromatic carbocycles. The topological polar surface area (TPSA) is 68.1 Å². The number of aliphatic hydroxyl groups is 2. The van der Waals surface area contributed by atoms with E-state index in [-0.39, 0.29) is 18.1 Å². The van der Waals surface area contributed by atoms with Crippen molar-refractivity contribution in [3.05, 3.63) is 23.6 Å². The van der Waals surface area contributed by atoms with Crippen molar-refractivity contribution in [1.29, 1.82) is 0 Å². The molecule has 2 aliphatic rings. The Morgan fingerprint density at radius 1 is 1.62 bits per heavy atom. The minimum absolute atomic E-state index is 0.121. The van der Waals surface area contributed by atoms with E-state index in [0.717, 1.165) is 6.54 Å². The number of aliphatic imine (C=N–C) groups is 1. The predicted octanol–water partition coefficient (Wildman–Crippen LogP) is 0.101. The first-order chi connectivity index (χ1) is 6.20. The molecule has 2 rings (SSSR count). The van der Waals surface area contributed by atoms with Crippen LogP contribution in [0.2, 0.25) is 0 Å². The molecule has 0 fully saturated rings. The molecular formula is C8H11N3O2. The summed E-state index contributed by atoms with van der Waals surface area (Å²) < 4.78 is 0. The summed E-state index contributed by atoms with van der Waals surface area (Å²) in [5.74, 6) is -0.121. The van der Waals surface area contributed by atoms with Crippen molar-refractivity contribution in [3.8, 4) is 0 Å². The highest BCUT2D eigenvalue weighted by Gasteiger charge is 2.29. The van der Waals surface area contributed by atoms with Gasteiger partial charge in [-0.2, -0.15) is 4.99 Å². The lowest BCUT2D eigenvalue weighted by atomic mass is 10.1. The summed E-state index contributed by atoms with van der Waals surface area (Å²) in [5.41, 5.74) is 0.687. The summed E-state index contributed by atoms with van der Waals surface area (Å²) >= 11 is 0. The van der Waals surface area contributed by atoms with Gasteiger partial charge >= 0.3 is 0 Å². The Balaban J connectivity index is 2.44. The summed E-state index contributed by atoms with van der Waals surface area (Å²) in [6, 6.07) is -0.172. The van der Waals surface area contributed by atoms with E-state index in [4.69, 9.17) is 0 Å². The first-order valence-electron chi connectivity index (χ1n) is 4.03. The number of hydrogen-bond donors (Lipinski definition) is 3. The van der Waals surface area contributed by atoms with Crippen molar-refractivity contribution >= 4 is 6.02 Å². The molecule has 0 saturated heterocycles. The summed E-state index contributed by atoms with van der Waals surface area (Å²) in [7, 11) is 1.71. The number of amidine groups is 1. The Labute approximate surface area is 75.7 Å². The number of aliphatic hydroxyl groups excluding tert-OH is 2. The summed E-state index contributed by atoms with van der Waals surface area (Å²) in [4.78, 5) is 5.16. The van der Waals surface area contributed by atoms with E-state index in [1.165, 1.54) is 0 Å². The smallest absolute Gasteiger partial charge is 0.294 e. The highest BCUT2D eigenvalue weighted by Crippen LogP contribution is 2.20. The normalized spacial score (nSPS) is 27.3. The minimum Gasteiger partial charge on any atom is -0.493 e. The van der Waals surface area contributed by atoms with Gasteiger partial charge in [0.2, 0.25) is 5.88 Å². The SMILES string of the molecule is CN1C(O)=NC(O)=C2C=CCNC21. The Morgan fingerprint density at radius 2 is 2.38 bits per heavy atom. The average Bonchev–Trinajstić information content (AvgIpc) is 2.15. The molecule has 2 heterocycles. The number of rotatable bonds is 0. The molecule has 0 aliphatic carbocycles. The van der Waals surface area contributed by atoms with Gasteiger partial charge in [0, 0.05) is 13.6 Å². The standard InChI is InChI=1S/C8H11N3O2/c1-11-6-5(3-2-4-9-6)7(12)10-8(11)13/h2-3,6,9,12H,4H2,1H3,(H,10,13). The van der Waals surface area contributed by atoms with E-state index >= 15 is 0 Å². The van der Waals surface area contributed by atoms with Crippen molar-refractivity contribution in [2.45, 2.75) is 6.17 Å². The monoisotopic (exact) mass is 181 g/mol. The lowest BCUT2D eigenvalue weighted by Crippen LogP contribution is -2.51. The van der Waals surface area contributed by atoms with Crippen LogP contribution in [0, 0.1) is 0 Å². The van der Waals surface area contributed by atoms with Crippen LogP contribution in [0.5, 0.6) is 0 Å². The maximum atomic E-state index is 9.41. The van der Waals surface area contributed by atoms with E-state index in [1.807, 2.05) is 12.2 Å².